The lowest BCUT2D eigenvalue weighted by molar-refractivity contribution is 0.532. The zero-order valence-electron chi connectivity index (χ0n) is 11.1. The molecule has 3 aromatic rings. The van der Waals surface area contributed by atoms with E-state index in [4.69, 9.17) is 4.42 Å². The molecule has 0 N–H and O–H groups in total. The number of hydrogen-bond acceptors (Lipinski definition) is 1. The van der Waals surface area contributed by atoms with Gasteiger partial charge in [-0.25, -0.2) is 0 Å². The van der Waals surface area contributed by atoms with Crippen LogP contribution in [-0.2, 0) is 6.42 Å². The van der Waals surface area contributed by atoms with E-state index in [9.17, 15) is 0 Å². The van der Waals surface area contributed by atoms with Crippen LogP contribution in [0.4, 0.5) is 0 Å². The Labute approximate surface area is 132 Å². The van der Waals surface area contributed by atoms with Gasteiger partial charge < -0.3 is 4.42 Å². The molecule has 100 valence electrons. The lowest BCUT2D eigenvalue weighted by Crippen LogP contribution is -1.79. The second-order valence-corrected chi connectivity index (χ2v) is 5.71. The van der Waals surface area contributed by atoms with Crippen LogP contribution < -0.4 is 0 Å². The predicted octanol–water partition coefficient (Wildman–Crippen LogP) is 5.59. The van der Waals surface area contributed by atoms with Gasteiger partial charge in [-0.15, -0.1) is 0 Å². The molecule has 20 heavy (non-hydrogen) atoms. The van der Waals surface area contributed by atoms with Crippen LogP contribution in [0.3, 0.4) is 0 Å². The van der Waals surface area contributed by atoms with Crippen molar-refractivity contribution in [2.75, 3.05) is 4.43 Å². The van der Waals surface area contributed by atoms with Crippen LogP contribution in [0.2, 0.25) is 0 Å². The number of alkyl halides is 1. The van der Waals surface area contributed by atoms with Crippen molar-refractivity contribution in [2.24, 2.45) is 0 Å². The molecule has 2 aromatic carbocycles. The van der Waals surface area contributed by atoms with Crippen molar-refractivity contribution >= 4 is 22.6 Å². The van der Waals surface area contributed by atoms with Crippen molar-refractivity contribution in [3.8, 4) is 22.5 Å². The van der Waals surface area contributed by atoms with Gasteiger partial charge in [0.25, 0.3) is 0 Å². The molecule has 0 saturated heterocycles. The van der Waals surface area contributed by atoms with Crippen LogP contribution in [0.25, 0.3) is 22.5 Å². The van der Waals surface area contributed by atoms with Gasteiger partial charge >= 0.3 is 0 Å². The maximum atomic E-state index is 6.09. The third-order valence-corrected chi connectivity index (χ3v) is 3.78. The van der Waals surface area contributed by atoms with Crippen LogP contribution in [-0.4, -0.2) is 4.43 Å². The summed E-state index contributed by atoms with van der Waals surface area (Å²) in [5.74, 6) is 2.02. The van der Waals surface area contributed by atoms with Gasteiger partial charge in [0.1, 0.15) is 11.5 Å². The molecule has 3 rings (SSSR count). The van der Waals surface area contributed by atoms with E-state index in [0.717, 1.165) is 27.9 Å². The monoisotopic (exact) mass is 374 g/mol. The molecular formula is C18H15IO. The highest BCUT2D eigenvalue weighted by molar-refractivity contribution is 14.1. The maximum absolute atomic E-state index is 6.09. The standard InChI is InChI=1S/C18H15IO/c19-12-11-16-13-17(14-7-3-1-4-8-14)18(20-16)15-9-5-2-6-10-15/h1-10,13H,11-12H2. The molecule has 1 nitrogen and oxygen atoms in total. The summed E-state index contributed by atoms with van der Waals surface area (Å²) < 4.78 is 7.15. The summed E-state index contributed by atoms with van der Waals surface area (Å²) in [6, 6.07) is 22.9. The molecule has 0 aliphatic carbocycles. The average Bonchev–Trinajstić information content (AvgIpc) is 2.93. The summed E-state index contributed by atoms with van der Waals surface area (Å²) in [5.41, 5.74) is 3.51. The summed E-state index contributed by atoms with van der Waals surface area (Å²) in [5, 5.41) is 0. The van der Waals surface area contributed by atoms with Gasteiger partial charge in [-0.1, -0.05) is 83.3 Å². The molecule has 0 unspecified atom stereocenters. The summed E-state index contributed by atoms with van der Waals surface area (Å²) >= 11 is 2.38. The first-order chi connectivity index (χ1) is 9.88. The Balaban J connectivity index is 2.13. The summed E-state index contributed by atoms with van der Waals surface area (Å²) in [4.78, 5) is 0. The average molecular weight is 374 g/mol. The third kappa shape index (κ3) is 2.80. The lowest BCUT2D eigenvalue weighted by atomic mass is 10.0. The van der Waals surface area contributed by atoms with E-state index in [2.05, 4.69) is 65.1 Å². The van der Waals surface area contributed by atoms with Crippen LogP contribution in [0.5, 0.6) is 0 Å². The zero-order valence-corrected chi connectivity index (χ0v) is 13.2. The van der Waals surface area contributed by atoms with Crippen LogP contribution in [0.1, 0.15) is 5.76 Å². The number of aryl methyl sites for hydroxylation is 1. The van der Waals surface area contributed by atoms with Gasteiger partial charge in [0.2, 0.25) is 0 Å². The van der Waals surface area contributed by atoms with Gasteiger partial charge in [-0.3, -0.25) is 0 Å². The third-order valence-electron chi connectivity index (χ3n) is 3.24. The molecule has 0 aliphatic rings. The van der Waals surface area contributed by atoms with E-state index in [1.54, 1.807) is 0 Å². The quantitative estimate of drug-likeness (QED) is 0.429. The maximum Gasteiger partial charge on any atom is 0.142 e. The van der Waals surface area contributed by atoms with E-state index in [1.165, 1.54) is 11.1 Å². The number of rotatable bonds is 4. The molecule has 0 fully saturated rings. The fourth-order valence-corrected chi connectivity index (χ4v) is 2.83. The van der Waals surface area contributed by atoms with E-state index < -0.39 is 0 Å². The van der Waals surface area contributed by atoms with Crippen molar-refractivity contribution in [3.63, 3.8) is 0 Å². The Morgan fingerprint density at radius 1 is 0.800 bits per heavy atom. The fraction of sp³-hybridized carbons (Fsp3) is 0.111. The highest BCUT2D eigenvalue weighted by atomic mass is 127. The van der Waals surface area contributed by atoms with Gasteiger partial charge in [0.05, 0.1) is 0 Å². The second-order valence-electron chi connectivity index (χ2n) is 4.63. The van der Waals surface area contributed by atoms with Gasteiger partial charge in [-0.05, 0) is 11.6 Å². The van der Waals surface area contributed by atoms with Crippen molar-refractivity contribution in [2.45, 2.75) is 6.42 Å². The van der Waals surface area contributed by atoms with Crippen LogP contribution in [0, 0.1) is 0 Å². The summed E-state index contributed by atoms with van der Waals surface area (Å²) in [6.45, 7) is 0. The normalized spacial score (nSPS) is 10.7. The minimum atomic E-state index is 0.966. The molecular weight excluding hydrogens is 359 g/mol. The van der Waals surface area contributed by atoms with E-state index >= 15 is 0 Å². The molecule has 0 saturated carbocycles. The fourth-order valence-electron chi connectivity index (χ4n) is 2.29. The van der Waals surface area contributed by atoms with Crippen molar-refractivity contribution in [1.82, 2.24) is 0 Å². The minimum Gasteiger partial charge on any atom is -0.460 e. The Hall–Kier alpha value is -1.55. The van der Waals surface area contributed by atoms with E-state index in [-0.39, 0.29) is 0 Å². The van der Waals surface area contributed by atoms with E-state index in [0.29, 0.717) is 0 Å². The van der Waals surface area contributed by atoms with Gasteiger partial charge in [-0.2, -0.15) is 0 Å². The van der Waals surface area contributed by atoms with Crippen molar-refractivity contribution < 1.29 is 4.42 Å². The highest BCUT2D eigenvalue weighted by Crippen LogP contribution is 2.35. The number of hydrogen-bond donors (Lipinski definition) is 0. The Morgan fingerprint density at radius 2 is 1.40 bits per heavy atom. The zero-order chi connectivity index (χ0) is 13.8. The minimum absolute atomic E-state index is 0.966. The van der Waals surface area contributed by atoms with E-state index in [1.807, 2.05) is 24.3 Å². The Bertz CT molecular complexity index is 614. The first-order valence-corrected chi connectivity index (χ1v) is 8.20. The predicted molar refractivity (Wildman–Crippen MR) is 92.2 cm³/mol. The summed E-state index contributed by atoms with van der Waals surface area (Å²) in [6.07, 6.45) is 0.966. The summed E-state index contributed by atoms with van der Waals surface area (Å²) in [7, 11) is 0. The second kappa shape index (κ2) is 6.27. The smallest absolute Gasteiger partial charge is 0.142 e. The van der Waals surface area contributed by atoms with Crippen LogP contribution >= 0.6 is 22.6 Å². The molecule has 1 aromatic heterocycles. The largest absolute Gasteiger partial charge is 0.460 e. The lowest BCUT2D eigenvalue weighted by Gasteiger charge is -2.02. The first-order valence-electron chi connectivity index (χ1n) is 6.68. The molecule has 0 atom stereocenters. The molecule has 0 bridgehead atoms. The van der Waals surface area contributed by atoms with Crippen molar-refractivity contribution in [1.29, 1.82) is 0 Å². The SMILES string of the molecule is ICCc1cc(-c2ccccc2)c(-c2ccccc2)o1. The molecule has 1 heterocycles. The Kier molecular flexibility index (Phi) is 4.21. The first kappa shape index (κ1) is 13.4. The molecule has 0 spiro atoms. The molecule has 0 radical (unpaired) electrons. The van der Waals surface area contributed by atoms with Crippen molar-refractivity contribution in [3.05, 3.63) is 72.5 Å². The number of furan rings is 1. The van der Waals surface area contributed by atoms with Gasteiger partial charge in [0, 0.05) is 22.0 Å². The molecule has 0 amide bonds. The number of benzene rings is 2. The number of halogens is 1. The Morgan fingerprint density at radius 3 is 2.00 bits per heavy atom. The van der Waals surface area contributed by atoms with Gasteiger partial charge in [0.15, 0.2) is 0 Å². The topological polar surface area (TPSA) is 13.1 Å². The highest BCUT2D eigenvalue weighted by Gasteiger charge is 2.14. The molecule has 2 heteroatoms. The molecule has 0 aliphatic heterocycles. The van der Waals surface area contributed by atoms with Crippen LogP contribution in [0.15, 0.2) is 71.1 Å².